The number of hydrogen-bond donors (Lipinski definition) is 0. The van der Waals surface area contributed by atoms with Gasteiger partial charge in [0, 0.05) is 5.56 Å². The van der Waals surface area contributed by atoms with E-state index >= 15 is 0 Å². The van der Waals surface area contributed by atoms with Crippen LogP contribution < -0.4 is 15.9 Å². The van der Waals surface area contributed by atoms with Crippen LogP contribution >= 0.6 is 19.5 Å². The van der Waals surface area contributed by atoms with Crippen molar-refractivity contribution in [3.05, 3.63) is 127 Å². The molecule has 1 heterocycles. The molecule has 0 aliphatic carbocycles. The second-order valence-electron chi connectivity index (χ2n) is 7.32. The lowest BCUT2D eigenvalue weighted by atomic mass is 10.2. The molecule has 4 aromatic carbocycles. The SMILES string of the molecule is S=C1OC(c2ccccc2)=N[C@@H]1[P+](c1ccccc1)(c1ccccc1)c1ccccc1. The van der Waals surface area contributed by atoms with Crippen molar-refractivity contribution in [2.45, 2.75) is 5.78 Å². The van der Waals surface area contributed by atoms with E-state index in [0.717, 1.165) is 5.56 Å². The Balaban J connectivity index is 1.80. The van der Waals surface area contributed by atoms with Crippen molar-refractivity contribution in [2.24, 2.45) is 4.99 Å². The van der Waals surface area contributed by atoms with Crippen LogP contribution in [0.1, 0.15) is 5.56 Å². The van der Waals surface area contributed by atoms with Crippen LogP contribution in [0.4, 0.5) is 0 Å². The summed E-state index contributed by atoms with van der Waals surface area (Å²) in [7, 11) is -2.27. The third kappa shape index (κ3) is 3.50. The highest BCUT2D eigenvalue weighted by molar-refractivity contribution is 7.98. The van der Waals surface area contributed by atoms with E-state index in [-0.39, 0.29) is 5.78 Å². The molecule has 150 valence electrons. The van der Waals surface area contributed by atoms with E-state index in [4.69, 9.17) is 21.9 Å². The van der Waals surface area contributed by atoms with Crippen LogP contribution in [0.5, 0.6) is 0 Å². The Bertz CT molecular complexity index is 1110. The van der Waals surface area contributed by atoms with E-state index in [9.17, 15) is 0 Å². The molecule has 0 N–H and O–H groups in total. The predicted molar refractivity (Wildman–Crippen MR) is 136 cm³/mol. The fourth-order valence-corrected chi connectivity index (χ4v) is 9.08. The molecular formula is C27H21NOPS+. The molecule has 0 radical (unpaired) electrons. The van der Waals surface area contributed by atoms with Crippen LogP contribution in [0.15, 0.2) is 126 Å². The molecule has 31 heavy (non-hydrogen) atoms. The van der Waals surface area contributed by atoms with Gasteiger partial charge in [-0.05, 0) is 60.7 Å². The van der Waals surface area contributed by atoms with Gasteiger partial charge in [0.25, 0.3) is 0 Å². The normalized spacial score (nSPS) is 15.9. The van der Waals surface area contributed by atoms with Gasteiger partial charge in [0.15, 0.2) is 0 Å². The van der Waals surface area contributed by atoms with Gasteiger partial charge in [0.2, 0.25) is 16.7 Å². The maximum atomic E-state index is 6.14. The standard InChI is InChI=1S/C27H21NOPS/c31-27-26(28-25(29-27)21-13-5-1-6-14-21)30(22-15-7-2-8-16-22,23-17-9-3-10-18-23)24-19-11-4-12-20-24/h1-20,26H/q+1/t26-/m1/s1. The number of rotatable bonds is 5. The van der Waals surface area contributed by atoms with Gasteiger partial charge >= 0.3 is 0 Å². The molecule has 0 spiro atoms. The first kappa shape index (κ1) is 19.8. The zero-order valence-electron chi connectivity index (χ0n) is 16.8. The summed E-state index contributed by atoms with van der Waals surface area (Å²) in [6, 6.07) is 41.9. The number of aliphatic imine (C=N–C) groups is 1. The van der Waals surface area contributed by atoms with Gasteiger partial charge in [-0.25, -0.2) is 0 Å². The molecule has 4 aromatic rings. The maximum Gasteiger partial charge on any atom is 0.243 e. The lowest BCUT2D eigenvalue weighted by molar-refractivity contribution is 0.575. The number of thiocarbonyl (C=S) groups is 1. The van der Waals surface area contributed by atoms with Gasteiger partial charge < -0.3 is 4.74 Å². The van der Waals surface area contributed by atoms with E-state index in [1.165, 1.54) is 15.9 Å². The summed E-state index contributed by atoms with van der Waals surface area (Å²) in [5.74, 6) is 0.327. The Morgan fingerprint density at radius 3 is 1.39 bits per heavy atom. The summed E-state index contributed by atoms with van der Waals surface area (Å²) >= 11 is 5.86. The lowest BCUT2D eigenvalue weighted by Crippen LogP contribution is -2.40. The Kier molecular flexibility index (Phi) is 5.46. The van der Waals surface area contributed by atoms with Gasteiger partial charge in [-0.2, -0.15) is 4.99 Å². The number of ether oxygens (including phenoxy) is 1. The van der Waals surface area contributed by atoms with E-state index < -0.39 is 7.26 Å². The van der Waals surface area contributed by atoms with Crippen molar-refractivity contribution < 1.29 is 4.74 Å². The second kappa shape index (κ2) is 8.55. The van der Waals surface area contributed by atoms with Crippen LogP contribution in [0, 0.1) is 0 Å². The molecule has 2 nitrogen and oxygen atoms in total. The first-order valence-electron chi connectivity index (χ1n) is 10.2. The monoisotopic (exact) mass is 438 g/mol. The third-order valence-electron chi connectivity index (χ3n) is 5.53. The van der Waals surface area contributed by atoms with Crippen LogP contribution in [0.2, 0.25) is 0 Å². The number of benzene rings is 4. The maximum absolute atomic E-state index is 6.14. The summed E-state index contributed by atoms with van der Waals surface area (Å²) in [4.78, 5) is 5.14. The number of hydrogen-bond acceptors (Lipinski definition) is 3. The fraction of sp³-hybridized carbons (Fsp3) is 0.0370. The topological polar surface area (TPSA) is 21.6 Å². The summed E-state index contributed by atoms with van der Waals surface area (Å²) < 4.78 is 6.14. The molecule has 0 amide bonds. The summed E-state index contributed by atoms with van der Waals surface area (Å²) in [6.07, 6.45) is 0. The largest absolute Gasteiger partial charge is 0.425 e. The minimum Gasteiger partial charge on any atom is -0.425 e. The minimum absolute atomic E-state index is 0.273. The van der Waals surface area contributed by atoms with Crippen LogP contribution in [-0.2, 0) is 4.74 Å². The van der Waals surface area contributed by atoms with Crippen LogP contribution in [0.25, 0.3) is 0 Å². The number of nitrogens with zero attached hydrogens (tertiary/aromatic N) is 1. The fourth-order valence-electron chi connectivity index (χ4n) is 4.16. The molecule has 1 aliphatic rings. The van der Waals surface area contributed by atoms with Gasteiger partial charge in [-0.1, -0.05) is 72.8 Å². The van der Waals surface area contributed by atoms with E-state index in [0.29, 0.717) is 10.9 Å². The first-order valence-corrected chi connectivity index (χ1v) is 12.5. The van der Waals surface area contributed by atoms with E-state index in [1.807, 2.05) is 30.3 Å². The zero-order valence-corrected chi connectivity index (χ0v) is 18.5. The lowest BCUT2D eigenvalue weighted by Gasteiger charge is -2.29. The Morgan fingerprint density at radius 2 is 0.968 bits per heavy atom. The highest BCUT2D eigenvalue weighted by atomic mass is 32.1. The van der Waals surface area contributed by atoms with E-state index in [2.05, 4.69) is 91.0 Å². The molecule has 0 saturated heterocycles. The molecule has 4 heteroatoms. The minimum atomic E-state index is -2.27. The van der Waals surface area contributed by atoms with Gasteiger partial charge in [-0.15, -0.1) is 0 Å². The zero-order chi connectivity index (χ0) is 21.1. The molecule has 0 bridgehead atoms. The molecule has 0 saturated carbocycles. The highest BCUT2D eigenvalue weighted by Crippen LogP contribution is 2.61. The molecular weight excluding hydrogens is 417 g/mol. The van der Waals surface area contributed by atoms with Crippen molar-refractivity contribution in [1.82, 2.24) is 0 Å². The quantitative estimate of drug-likeness (QED) is 0.319. The average Bonchev–Trinajstić information content (AvgIpc) is 3.24. The predicted octanol–water partition coefficient (Wildman–Crippen LogP) is 5.11. The second-order valence-corrected chi connectivity index (χ2v) is 11.2. The van der Waals surface area contributed by atoms with E-state index in [1.54, 1.807) is 0 Å². The Hall–Kier alpha value is -3.13. The highest BCUT2D eigenvalue weighted by Gasteiger charge is 2.57. The molecule has 1 atom stereocenters. The summed E-state index contributed by atoms with van der Waals surface area (Å²) in [6.45, 7) is 0. The van der Waals surface area contributed by atoms with Crippen molar-refractivity contribution in [2.75, 3.05) is 0 Å². The summed E-state index contributed by atoms with van der Waals surface area (Å²) in [5, 5.41) is 4.24. The molecule has 5 rings (SSSR count). The summed E-state index contributed by atoms with van der Waals surface area (Å²) in [5.41, 5.74) is 0.944. The average molecular weight is 439 g/mol. The van der Waals surface area contributed by atoms with Crippen molar-refractivity contribution in [3.8, 4) is 0 Å². The van der Waals surface area contributed by atoms with Gasteiger partial charge in [0.05, 0.1) is 0 Å². The molecule has 1 aliphatic heterocycles. The van der Waals surface area contributed by atoms with Gasteiger partial charge in [0.1, 0.15) is 23.2 Å². The van der Waals surface area contributed by atoms with Crippen LogP contribution in [0.3, 0.4) is 0 Å². The van der Waals surface area contributed by atoms with Crippen molar-refractivity contribution in [1.29, 1.82) is 0 Å². The van der Waals surface area contributed by atoms with Crippen molar-refractivity contribution in [3.63, 3.8) is 0 Å². The van der Waals surface area contributed by atoms with Gasteiger partial charge in [-0.3, -0.25) is 0 Å². The Labute approximate surface area is 188 Å². The molecule has 0 aromatic heterocycles. The van der Waals surface area contributed by atoms with Crippen LogP contribution in [-0.4, -0.2) is 16.7 Å². The first-order chi connectivity index (χ1) is 15.3. The molecule has 0 unspecified atom stereocenters. The smallest absolute Gasteiger partial charge is 0.243 e. The van der Waals surface area contributed by atoms with Crippen molar-refractivity contribution >= 4 is 46.3 Å². The molecule has 0 fully saturated rings. The third-order valence-corrected chi connectivity index (χ3v) is 10.4. The Morgan fingerprint density at radius 1 is 0.581 bits per heavy atom.